The van der Waals surface area contributed by atoms with E-state index in [0.29, 0.717) is 34.4 Å². The fourth-order valence-corrected chi connectivity index (χ4v) is 2.91. The van der Waals surface area contributed by atoms with Gasteiger partial charge < -0.3 is 20.1 Å². The van der Waals surface area contributed by atoms with Crippen LogP contribution in [0.4, 0.5) is 5.69 Å². The van der Waals surface area contributed by atoms with Crippen LogP contribution < -0.4 is 20.1 Å². The van der Waals surface area contributed by atoms with E-state index in [1.807, 2.05) is 20.8 Å². The molecule has 0 aliphatic rings. The lowest BCUT2D eigenvalue weighted by Crippen LogP contribution is -2.47. The molecule has 2 aromatic rings. The van der Waals surface area contributed by atoms with E-state index >= 15 is 0 Å². The fraction of sp³-hybridized carbons (Fsp3) is 0.333. The average molecular weight is 405 g/mol. The number of carbonyl (C=O) groups excluding carboxylic acids is 2. The van der Waals surface area contributed by atoms with Crippen LogP contribution in [0.3, 0.4) is 0 Å². The first kappa shape index (κ1) is 21.6. The minimum Gasteiger partial charge on any atom is -0.495 e. The van der Waals surface area contributed by atoms with E-state index in [2.05, 4.69) is 10.6 Å². The molecule has 0 aromatic heterocycles. The largest absolute Gasteiger partial charge is 0.495 e. The summed E-state index contributed by atoms with van der Waals surface area (Å²) in [5.74, 6) is 0.161. The van der Waals surface area contributed by atoms with Crippen LogP contribution in [-0.2, 0) is 4.79 Å². The average Bonchev–Trinajstić information content (AvgIpc) is 2.66. The number of carbonyl (C=O) groups is 2. The molecule has 0 saturated heterocycles. The van der Waals surface area contributed by atoms with Gasteiger partial charge in [0.1, 0.15) is 17.5 Å². The zero-order valence-electron chi connectivity index (χ0n) is 16.4. The van der Waals surface area contributed by atoms with Gasteiger partial charge in [-0.1, -0.05) is 37.6 Å². The molecule has 0 spiro atoms. The first-order chi connectivity index (χ1) is 13.4. The summed E-state index contributed by atoms with van der Waals surface area (Å²) >= 11 is 6.11. The van der Waals surface area contributed by atoms with Gasteiger partial charge in [0.2, 0.25) is 5.91 Å². The Labute approximate surface area is 170 Å². The molecule has 0 heterocycles. The Morgan fingerprint density at radius 2 is 1.82 bits per heavy atom. The molecule has 0 bridgehead atoms. The van der Waals surface area contributed by atoms with Crippen molar-refractivity contribution in [3.63, 3.8) is 0 Å². The molecule has 2 aromatic carbocycles. The lowest BCUT2D eigenvalue weighted by atomic mass is 10.0. The molecule has 1 atom stereocenters. The second-order valence-corrected chi connectivity index (χ2v) is 6.87. The van der Waals surface area contributed by atoms with E-state index in [9.17, 15) is 9.59 Å². The maximum atomic E-state index is 12.8. The van der Waals surface area contributed by atoms with Gasteiger partial charge in [-0.25, -0.2) is 0 Å². The van der Waals surface area contributed by atoms with Crippen LogP contribution in [0, 0.1) is 5.92 Å². The van der Waals surface area contributed by atoms with Crippen molar-refractivity contribution in [2.45, 2.75) is 26.8 Å². The number of rotatable bonds is 8. The van der Waals surface area contributed by atoms with E-state index in [-0.39, 0.29) is 17.7 Å². The van der Waals surface area contributed by atoms with E-state index in [0.717, 1.165) is 0 Å². The van der Waals surface area contributed by atoms with Gasteiger partial charge in [-0.05, 0) is 43.2 Å². The van der Waals surface area contributed by atoms with Crippen molar-refractivity contribution in [1.29, 1.82) is 0 Å². The smallest absolute Gasteiger partial charge is 0.255 e. The summed E-state index contributed by atoms with van der Waals surface area (Å²) in [6.07, 6.45) is 0. The Hall–Kier alpha value is -2.73. The van der Waals surface area contributed by atoms with Gasteiger partial charge in [-0.3, -0.25) is 9.59 Å². The highest BCUT2D eigenvalue weighted by Crippen LogP contribution is 2.27. The van der Waals surface area contributed by atoms with Crippen LogP contribution in [0.25, 0.3) is 0 Å². The zero-order chi connectivity index (χ0) is 20.7. The minimum atomic E-state index is -0.733. The number of ether oxygens (including phenoxy) is 2. The predicted octanol–water partition coefficient (Wildman–Crippen LogP) is 4.14. The summed E-state index contributed by atoms with van der Waals surface area (Å²) in [7, 11) is 1.52. The Kier molecular flexibility index (Phi) is 7.70. The van der Waals surface area contributed by atoms with Gasteiger partial charge in [0.25, 0.3) is 5.91 Å². The second-order valence-electron chi connectivity index (χ2n) is 6.46. The summed E-state index contributed by atoms with van der Waals surface area (Å²) < 4.78 is 10.6. The maximum Gasteiger partial charge on any atom is 0.255 e. The number of para-hydroxylation sites is 1. The van der Waals surface area contributed by atoms with E-state index in [4.69, 9.17) is 21.1 Å². The van der Waals surface area contributed by atoms with Gasteiger partial charge in [-0.15, -0.1) is 0 Å². The van der Waals surface area contributed by atoms with Crippen LogP contribution >= 0.6 is 11.6 Å². The van der Waals surface area contributed by atoms with Gasteiger partial charge in [0.05, 0.1) is 24.3 Å². The van der Waals surface area contributed by atoms with Crippen LogP contribution in [0.1, 0.15) is 31.1 Å². The Bertz CT molecular complexity index is 839. The number of anilines is 1. The number of hydrogen-bond acceptors (Lipinski definition) is 4. The molecule has 0 fully saturated rings. The third-order valence-electron chi connectivity index (χ3n) is 4.09. The first-order valence-corrected chi connectivity index (χ1v) is 9.42. The van der Waals surface area contributed by atoms with E-state index in [1.54, 1.807) is 42.5 Å². The van der Waals surface area contributed by atoms with Crippen LogP contribution in [-0.4, -0.2) is 31.6 Å². The van der Waals surface area contributed by atoms with Crippen LogP contribution in [0.5, 0.6) is 11.5 Å². The normalized spacial score (nSPS) is 11.6. The Morgan fingerprint density at radius 3 is 2.43 bits per heavy atom. The van der Waals surface area contributed by atoms with E-state index in [1.165, 1.54) is 7.11 Å². The standard InChI is InChI=1S/C21H25ClN2O4/c1-5-28-17-9-7-6-8-15(17)20(25)24-19(13(2)3)21(26)23-14-10-11-18(27-4)16(22)12-14/h6-13,19H,5H2,1-4H3,(H,23,26)(H,24,25). The maximum absolute atomic E-state index is 12.8. The molecule has 1 unspecified atom stereocenters. The SMILES string of the molecule is CCOc1ccccc1C(=O)NC(C(=O)Nc1ccc(OC)c(Cl)c1)C(C)C. The fourth-order valence-electron chi connectivity index (χ4n) is 2.65. The van der Waals surface area contributed by atoms with Crippen molar-refractivity contribution in [3.8, 4) is 11.5 Å². The highest BCUT2D eigenvalue weighted by Gasteiger charge is 2.26. The van der Waals surface area contributed by atoms with Gasteiger partial charge in [-0.2, -0.15) is 0 Å². The third kappa shape index (κ3) is 5.39. The van der Waals surface area contributed by atoms with Crippen molar-refractivity contribution in [3.05, 3.63) is 53.1 Å². The molecule has 0 saturated carbocycles. The number of amides is 2. The number of benzene rings is 2. The minimum absolute atomic E-state index is 0.128. The molecular weight excluding hydrogens is 380 g/mol. The molecule has 28 heavy (non-hydrogen) atoms. The molecule has 0 aliphatic carbocycles. The molecule has 7 heteroatoms. The third-order valence-corrected chi connectivity index (χ3v) is 4.38. The Balaban J connectivity index is 2.15. The molecule has 2 N–H and O–H groups in total. The second kappa shape index (κ2) is 9.99. The molecule has 2 rings (SSSR count). The van der Waals surface area contributed by atoms with Gasteiger partial charge in [0, 0.05) is 5.69 Å². The summed E-state index contributed by atoms with van der Waals surface area (Å²) in [4.78, 5) is 25.5. The monoisotopic (exact) mass is 404 g/mol. The van der Waals surface area contributed by atoms with Crippen molar-refractivity contribution in [2.75, 3.05) is 19.0 Å². The highest BCUT2D eigenvalue weighted by atomic mass is 35.5. The predicted molar refractivity (Wildman–Crippen MR) is 110 cm³/mol. The lowest BCUT2D eigenvalue weighted by molar-refractivity contribution is -0.118. The highest BCUT2D eigenvalue weighted by molar-refractivity contribution is 6.32. The molecule has 0 radical (unpaired) electrons. The van der Waals surface area contributed by atoms with Crippen molar-refractivity contribution in [1.82, 2.24) is 5.32 Å². The van der Waals surface area contributed by atoms with Crippen molar-refractivity contribution >= 4 is 29.1 Å². The molecule has 6 nitrogen and oxygen atoms in total. The quantitative estimate of drug-likeness (QED) is 0.693. The molecular formula is C21H25ClN2O4. The van der Waals surface area contributed by atoms with Crippen LogP contribution in [0.15, 0.2) is 42.5 Å². The Morgan fingerprint density at radius 1 is 1.11 bits per heavy atom. The van der Waals surface area contributed by atoms with Crippen molar-refractivity contribution in [2.24, 2.45) is 5.92 Å². The summed E-state index contributed by atoms with van der Waals surface area (Å²) in [6.45, 7) is 6.01. The van der Waals surface area contributed by atoms with Crippen LogP contribution in [0.2, 0.25) is 5.02 Å². The topological polar surface area (TPSA) is 76.7 Å². The summed E-state index contributed by atoms with van der Waals surface area (Å²) in [5, 5.41) is 5.97. The number of hydrogen-bond donors (Lipinski definition) is 2. The lowest BCUT2D eigenvalue weighted by Gasteiger charge is -2.22. The number of halogens is 1. The van der Waals surface area contributed by atoms with E-state index < -0.39 is 6.04 Å². The first-order valence-electron chi connectivity index (χ1n) is 9.04. The molecule has 0 aliphatic heterocycles. The zero-order valence-corrected chi connectivity index (χ0v) is 17.2. The summed E-state index contributed by atoms with van der Waals surface area (Å²) in [5.41, 5.74) is 0.903. The molecule has 2 amide bonds. The van der Waals surface area contributed by atoms with Gasteiger partial charge >= 0.3 is 0 Å². The summed E-state index contributed by atoms with van der Waals surface area (Å²) in [6, 6.07) is 11.2. The van der Waals surface area contributed by atoms with Crippen molar-refractivity contribution < 1.29 is 19.1 Å². The van der Waals surface area contributed by atoms with Gasteiger partial charge in [0.15, 0.2) is 0 Å². The molecule has 150 valence electrons. The number of nitrogens with one attached hydrogen (secondary N) is 2. The number of methoxy groups -OCH3 is 1.